The van der Waals surface area contributed by atoms with Crippen molar-refractivity contribution in [1.29, 1.82) is 0 Å². The Morgan fingerprint density at radius 1 is 1.09 bits per heavy atom. The Balaban J connectivity index is 1.39. The van der Waals surface area contributed by atoms with Gasteiger partial charge in [0.15, 0.2) is 16.8 Å². The van der Waals surface area contributed by atoms with Crippen LogP contribution in [0.2, 0.25) is 0 Å². The summed E-state index contributed by atoms with van der Waals surface area (Å²) >= 11 is 1.36. The number of nitrogens with zero attached hydrogens (tertiary/aromatic N) is 4. The molecule has 0 saturated carbocycles. The highest BCUT2D eigenvalue weighted by Crippen LogP contribution is 2.33. The van der Waals surface area contributed by atoms with Crippen LogP contribution in [-0.2, 0) is 11.3 Å². The normalized spacial score (nSPS) is 14.7. The van der Waals surface area contributed by atoms with E-state index >= 15 is 0 Å². The topological polar surface area (TPSA) is 89.8 Å². The van der Waals surface area contributed by atoms with E-state index in [1.165, 1.54) is 11.8 Å². The molecule has 0 saturated heterocycles. The van der Waals surface area contributed by atoms with Crippen molar-refractivity contribution >= 4 is 29.1 Å². The highest BCUT2D eigenvalue weighted by molar-refractivity contribution is 7.99. The van der Waals surface area contributed by atoms with Gasteiger partial charge in [-0.3, -0.25) is 19.1 Å². The third kappa shape index (κ3) is 4.29. The molecule has 1 N–H and O–H groups in total. The second kappa shape index (κ2) is 8.99. The number of amides is 1. The molecule has 33 heavy (non-hydrogen) atoms. The van der Waals surface area contributed by atoms with Crippen LogP contribution in [0, 0.1) is 0 Å². The standard InChI is InChI=1S/C25H21N5O2S/c1-16-20-12-18(9-10-21(20)27-24(16)32)22(31)15-33-25-29-28-23(19-8-5-11-26-13-19)30(25)14-17-6-3-2-4-7-17/h2-13,16H,14-15H2,1H3,(H,27,32)/t16-/m0/s1. The lowest BCUT2D eigenvalue weighted by atomic mass is 9.99. The minimum atomic E-state index is -0.253. The Morgan fingerprint density at radius 2 is 1.94 bits per heavy atom. The van der Waals surface area contributed by atoms with Gasteiger partial charge in [-0.15, -0.1) is 10.2 Å². The van der Waals surface area contributed by atoms with Crippen LogP contribution in [0.3, 0.4) is 0 Å². The van der Waals surface area contributed by atoms with Gasteiger partial charge in [0.1, 0.15) is 0 Å². The van der Waals surface area contributed by atoms with E-state index in [2.05, 4.69) is 20.5 Å². The van der Waals surface area contributed by atoms with Crippen LogP contribution in [0.25, 0.3) is 11.4 Å². The first kappa shape index (κ1) is 21.1. The fourth-order valence-corrected chi connectivity index (χ4v) is 4.65. The molecule has 0 spiro atoms. The molecule has 1 aliphatic heterocycles. The van der Waals surface area contributed by atoms with E-state index in [1.54, 1.807) is 24.5 Å². The van der Waals surface area contributed by atoms with Crippen LogP contribution in [0.5, 0.6) is 0 Å². The molecule has 5 rings (SSSR count). The zero-order valence-electron chi connectivity index (χ0n) is 17.9. The van der Waals surface area contributed by atoms with Crippen molar-refractivity contribution in [2.24, 2.45) is 0 Å². The predicted octanol–water partition coefficient (Wildman–Crippen LogP) is 4.42. The number of fused-ring (bicyclic) bond motifs is 1. The van der Waals surface area contributed by atoms with E-state index in [0.29, 0.717) is 23.1 Å². The molecule has 7 nitrogen and oxygen atoms in total. The Labute approximate surface area is 195 Å². The van der Waals surface area contributed by atoms with Crippen molar-refractivity contribution in [3.8, 4) is 11.4 Å². The number of hydrogen-bond donors (Lipinski definition) is 1. The number of carbonyl (C=O) groups excluding carboxylic acids is 2. The van der Waals surface area contributed by atoms with Gasteiger partial charge < -0.3 is 5.32 Å². The van der Waals surface area contributed by atoms with Gasteiger partial charge in [0.05, 0.1) is 18.2 Å². The van der Waals surface area contributed by atoms with E-state index in [4.69, 9.17) is 0 Å². The van der Waals surface area contributed by atoms with Crippen molar-refractivity contribution in [2.45, 2.75) is 24.5 Å². The molecule has 1 atom stereocenters. The number of pyridine rings is 1. The summed E-state index contributed by atoms with van der Waals surface area (Å²) in [6.45, 7) is 2.43. The van der Waals surface area contributed by atoms with Crippen molar-refractivity contribution in [1.82, 2.24) is 19.7 Å². The Morgan fingerprint density at radius 3 is 2.73 bits per heavy atom. The molecule has 1 amide bonds. The number of nitrogens with one attached hydrogen (secondary N) is 1. The zero-order chi connectivity index (χ0) is 22.8. The summed E-state index contributed by atoms with van der Waals surface area (Å²) < 4.78 is 2.01. The fraction of sp³-hybridized carbons (Fsp3) is 0.160. The molecule has 0 unspecified atom stereocenters. The third-order valence-corrected chi connectivity index (χ3v) is 6.61. The summed E-state index contributed by atoms with van der Waals surface area (Å²) in [6, 6.07) is 19.2. The number of Topliss-reactive ketones (excluding diaryl/α,β-unsaturated/α-hetero) is 1. The number of aromatic nitrogens is 4. The maximum atomic E-state index is 13.0. The molecule has 4 aromatic rings. The first-order valence-electron chi connectivity index (χ1n) is 10.6. The zero-order valence-corrected chi connectivity index (χ0v) is 18.7. The van der Waals surface area contributed by atoms with Gasteiger partial charge in [-0.25, -0.2) is 0 Å². The monoisotopic (exact) mass is 455 g/mol. The largest absolute Gasteiger partial charge is 0.325 e. The number of ketones is 1. The lowest BCUT2D eigenvalue weighted by Crippen LogP contribution is -2.08. The SMILES string of the molecule is C[C@@H]1C(=O)Nc2ccc(C(=O)CSc3nnc(-c4cccnc4)n3Cc3ccccc3)cc21. The molecule has 164 valence electrons. The molecule has 0 radical (unpaired) electrons. The van der Waals surface area contributed by atoms with Crippen molar-refractivity contribution in [2.75, 3.05) is 11.1 Å². The van der Waals surface area contributed by atoms with Gasteiger partial charge in [-0.1, -0.05) is 42.1 Å². The van der Waals surface area contributed by atoms with Gasteiger partial charge in [-0.05, 0) is 48.4 Å². The number of benzene rings is 2. The lowest BCUT2D eigenvalue weighted by molar-refractivity contribution is -0.116. The molecule has 0 fully saturated rings. The molecule has 8 heteroatoms. The van der Waals surface area contributed by atoms with Gasteiger partial charge in [0.2, 0.25) is 5.91 Å². The average molecular weight is 456 g/mol. The van der Waals surface area contributed by atoms with Gasteiger partial charge in [-0.2, -0.15) is 0 Å². The molecule has 2 aromatic carbocycles. The summed E-state index contributed by atoms with van der Waals surface area (Å²) in [5.74, 6) is 0.607. The quantitative estimate of drug-likeness (QED) is 0.328. The van der Waals surface area contributed by atoms with Crippen LogP contribution in [0.4, 0.5) is 5.69 Å². The number of hydrogen-bond acceptors (Lipinski definition) is 6. The number of rotatable bonds is 7. The van der Waals surface area contributed by atoms with E-state index in [9.17, 15) is 9.59 Å². The minimum absolute atomic E-state index is 0.0217. The first-order valence-corrected chi connectivity index (χ1v) is 11.6. The van der Waals surface area contributed by atoms with Gasteiger partial charge in [0, 0.05) is 29.2 Å². The summed E-state index contributed by atoms with van der Waals surface area (Å²) in [4.78, 5) is 29.1. The molecule has 1 aliphatic rings. The maximum Gasteiger partial charge on any atom is 0.231 e. The Bertz CT molecular complexity index is 1320. The van der Waals surface area contributed by atoms with Crippen molar-refractivity contribution < 1.29 is 9.59 Å². The molecular formula is C25H21N5O2S. The lowest BCUT2D eigenvalue weighted by Gasteiger charge is -2.10. The molecule has 2 aromatic heterocycles. The second-order valence-electron chi connectivity index (χ2n) is 7.84. The summed E-state index contributed by atoms with van der Waals surface area (Å²) in [5, 5.41) is 12.3. The fourth-order valence-electron chi connectivity index (χ4n) is 3.82. The van der Waals surface area contributed by atoms with E-state index in [0.717, 1.165) is 22.4 Å². The van der Waals surface area contributed by atoms with Crippen molar-refractivity contribution in [3.63, 3.8) is 0 Å². The highest BCUT2D eigenvalue weighted by Gasteiger charge is 2.27. The molecule has 0 bridgehead atoms. The average Bonchev–Trinajstić information content (AvgIpc) is 3.38. The van der Waals surface area contributed by atoms with Crippen LogP contribution < -0.4 is 5.32 Å². The molecular weight excluding hydrogens is 434 g/mol. The van der Waals surface area contributed by atoms with E-state index in [1.807, 2.05) is 60.0 Å². The van der Waals surface area contributed by atoms with E-state index < -0.39 is 0 Å². The van der Waals surface area contributed by atoms with Crippen molar-refractivity contribution in [3.05, 3.63) is 89.7 Å². The van der Waals surface area contributed by atoms with Gasteiger partial charge >= 0.3 is 0 Å². The maximum absolute atomic E-state index is 13.0. The number of carbonyl (C=O) groups is 2. The highest BCUT2D eigenvalue weighted by atomic mass is 32.2. The van der Waals surface area contributed by atoms with E-state index in [-0.39, 0.29) is 23.4 Å². The first-order chi connectivity index (χ1) is 16.1. The third-order valence-electron chi connectivity index (χ3n) is 5.64. The minimum Gasteiger partial charge on any atom is -0.325 e. The Kier molecular flexibility index (Phi) is 5.75. The number of anilines is 1. The second-order valence-corrected chi connectivity index (χ2v) is 8.79. The smallest absolute Gasteiger partial charge is 0.231 e. The van der Waals surface area contributed by atoms with Gasteiger partial charge in [0.25, 0.3) is 0 Å². The summed E-state index contributed by atoms with van der Waals surface area (Å²) in [5.41, 5.74) is 4.21. The number of thioether (sulfide) groups is 1. The van der Waals surface area contributed by atoms with Crippen LogP contribution >= 0.6 is 11.8 Å². The molecule has 0 aliphatic carbocycles. The summed E-state index contributed by atoms with van der Waals surface area (Å²) in [6.07, 6.45) is 3.47. The van der Waals surface area contributed by atoms with Crippen LogP contribution in [-0.4, -0.2) is 37.2 Å². The predicted molar refractivity (Wildman–Crippen MR) is 127 cm³/mol. The Hall–Kier alpha value is -3.78. The molecule has 3 heterocycles. The van der Waals surface area contributed by atoms with Crippen LogP contribution in [0.15, 0.2) is 78.2 Å². The summed E-state index contributed by atoms with van der Waals surface area (Å²) in [7, 11) is 0. The van der Waals surface area contributed by atoms with Crippen LogP contribution in [0.1, 0.15) is 34.3 Å².